The summed E-state index contributed by atoms with van der Waals surface area (Å²) < 4.78 is 5.43. The Labute approximate surface area is 250 Å². The molecule has 0 aliphatic heterocycles. The number of benzene rings is 4. The minimum Gasteiger partial charge on any atom is -0.496 e. The molecule has 0 bridgehead atoms. The molecule has 4 rings (SSSR count). The summed E-state index contributed by atoms with van der Waals surface area (Å²) in [6.07, 6.45) is 2.40. The minimum absolute atomic E-state index is 0.0516. The van der Waals surface area contributed by atoms with Crippen molar-refractivity contribution in [2.75, 3.05) is 23.5 Å². The predicted octanol–water partition coefficient (Wildman–Crippen LogP) is 6.71. The van der Waals surface area contributed by atoms with Gasteiger partial charge in [0.25, 0.3) is 11.8 Å². The van der Waals surface area contributed by atoms with Crippen LogP contribution in [0.15, 0.2) is 108 Å². The van der Waals surface area contributed by atoms with Crippen molar-refractivity contribution in [1.82, 2.24) is 5.32 Å². The monoisotopic (exact) mass is 579 g/mol. The molecule has 214 valence electrons. The number of rotatable bonds is 11. The Balaban J connectivity index is 1.48. The van der Waals surface area contributed by atoms with Crippen LogP contribution in [0.5, 0.6) is 5.75 Å². The summed E-state index contributed by atoms with van der Waals surface area (Å²) in [5.41, 5.74) is 4.60. The SMILES string of the molecule is CCc1cccc(C)c1NC(=O)CSc1cccc(NC(=O)/C(=C\c2ccccc2OC)NC(=O)c2ccccc2)c1. The van der Waals surface area contributed by atoms with Crippen LogP contribution in [-0.2, 0) is 16.0 Å². The molecule has 7 nitrogen and oxygen atoms in total. The van der Waals surface area contributed by atoms with Gasteiger partial charge in [-0.3, -0.25) is 14.4 Å². The number of ether oxygens (including phenoxy) is 1. The van der Waals surface area contributed by atoms with Crippen molar-refractivity contribution in [3.05, 3.63) is 125 Å². The molecular weight excluding hydrogens is 546 g/mol. The van der Waals surface area contributed by atoms with Gasteiger partial charge in [-0.2, -0.15) is 0 Å². The highest BCUT2D eigenvalue weighted by Crippen LogP contribution is 2.25. The number of para-hydroxylation sites is 2. The molecule has 4 aromatic carbocycles. The van der Waals surface area contributed by atoms with Crippen molar-refractivity contribution in [3.8, 4) is 5.75 Å². The van der Waals surface area contributed by atoms with Crippen LogP contribution < -0.4 is 20.7 Å². The lowest BCUT2D eigenvalue weighted by molar-refractivity contribution is -0.114. The van der Waals surface area contributed by atoms with E-state index in [1.807, 2.05) is 49.4 Å². The number of anilines is 2. The Morgan fingerprint density at radius 1 is 0.857 bits per heavy atom. The molecule has 0 saturated carbocycles. The third kappa shape index (κ3) is 8.11. The Morgan fingerprint density at radius 2 is 1.60 bits per heavy atom. The highest BCUT2D eigenvalue weighted by molar-refractivity contribution is 8.00. The van der Waals surface area contributed by atoms with Gasteiger partial charge in [-0.05, 0) is 66.9 Å². The molecule has 0 heterocycles. The number of carbonyl (C=O) groups is 3. The van der Waals surface area contributed by atoms with Gasteiger partial charge in [0.2, 0.25) is 5.91 Å². The zero-order chi connectivity index (χ0) is 29.9. The van der Waals surface area contributed by atoms with Crippen molar-refractivity contribution in [3.63, 3.8) is 0 Å². The lowest BCUT2D eigenvalue weighted by Crippen LogP contribution is -2.30. The maximum atomic E-state index is 13.5. The first-order chi connectivity index (χ1) is 20.4. The summed E-state index contributed by atoms with van der Waals surface area (Å²) in [5, 5.41) is 8.65. The van der Waals surface area contributed by atoms with Gasteiger partial charge in [-0.25, -0.2) is 0 Å². The fourth-order valence-corrected chi connectivity index (χ4v) is 5.03. The van der Waals surface area contributed by atoms with Crippen LogP contribution in [0.4, 0.5) is 11.4 Å². The number of nitrogens with one attached hydrogen (secondary N) is 3. The third-order valence-corrected chi connectivity index (χ3v) is 7.43. The summed E-state index contributed by atoms with van der Waals surface area (Å²) in [7, 11) is 1.54. The molecule has 0 aromatic heterocycles. The second-order valence-electron chi connectivity index (χ2n) is 9.40. The maximum absolute atomic E-state index is 13.5. The lowest BCUT2D eigenvalue weighted by Gasteiger charge is -2.14. The zero-order valence-corrected chi connectivity index (χ0v) is 24.6. The van der Waals surface area contributed by atoms with Gasteiger partial charge >= 0.3 is 0 Å². The summed E-state index contributed by atoms with van der Waals surface area (Å²) >= 11 is 1.37. The molecule has 0 aliphatic rings. The molecule has 0 unspecified atom stereocenters. The van der Waals surface area contributed by atoms with Crippen molar-refractivity contribution in [2.45, 2.75) is 25.2 Å². The van der Waals surface area contributed by atoms with E-state index in [0.717, 1.165) is 28.1 Å². The normalized spacial score (nSPS) is 11.0. The van der Waals surface area contributed by atoms with E-state index in [0.29, 0.717) is 22.6 Å². The number of carbonyl (C=O) groups excluding carboxylic acids is 3. The largest absolute Gasteiger partial charge is 0.496 e. The van der Waals surface area contributed by atoms with E-state index in [1.165, 1.54) is 11.8 Å². The number of aryl methyl sites for hydroxylation is 2. The Hall–Kier alpha value is -4.82. The van der Waals surface area contributed by atoms with Gasteiger partial charge in [0, 0.05) is 27.4 Å². The number of thioether (sulfide) groups is 1. The molecule has 3 N–H and O–H groups in total. The van der Waals surface area contributed by atoms with E-state index in [1.54, 1.807) is 67.8 Å². The van der Waals surface area contributed by atoms with E-state index < -0.39 is 11.8 Å². The maximum Gasteiger partial charge on any atom is 0.272 e. The molecule has 0 radical (unpaired) electrons. The van der Waals surface area contributed by atoms with Crippen molar-refractivity contribution < 1.29 is 19.1 Å². The van der Waals surface area contributed by atoms with Crippen LogP contribution in [-0.4, -0.2) is 30.6 Å². The van der Waals surface area contributed by atoms with E-state index in [2.05, 4.69) is 22.9 Å². The standard InChI is InChI=1S/C34H33N3O4S/c1-4-24-16-10-12-23(2)32(24)37-31(38)22-42-28-18-11-17-27(21-28)35-34(40)29(20-26-15-8-9-19-30(26)41-3)36-33(39)25-13-6-5-7-14-25/h5-21H,4,22H2,1-3H3,(H,35,40)(H,36,39)(H,37,38)/b29-20+. The van der Waals surface area contributed by atoms with E-state index in [-0.39, 0.29) is 17.4 Å². The Morgan fingerprint density at radius 3 is 2.36 bits per heavy atom. The number of amides is 3. The predicted molar refractivity (Wildman–Crippen MR) is 170 cm³/mol. The van der Waals surface area contributed by atoms with Crippen LogP contribution in [0.3, 0.4) is 0 Å². The Kier molecular flexibility index (Phi) is 10.6. The van der Waals surface area contributed by atoms with Gasteiger partial charge in [-0.1, -0.05) is 67.6 Å². The second-order valence-corrected chi connectivity index (χ2v) is 10.5. The molecule has 8 heteroatoms. The molecule has 0 aliphatic carbocycles. The fourth-order valence-electron chi connectivity index (χ4n) is 4.27. The lowest BCUT2D eigenvalue weighted by atomic mass is 10.1. The first-order valence-corrected chi connectivity index (χ1v) is 14.5. The summed E-state index contributed by atoms with van der Waals surface area (Å²) in [6, 6.07) is 29.1. The van der Waals surface area contributed by atoms with Crippen LogP contribution in [0.2, 0.25) is 0 Å². The second kappa shape index (κ2) is 14.7. The quantitative estimate of drug-likeness (QED) is 0.136. The van der Waals surface area contributed by atoms with Crippen LogP contribution in [0.25, 0.3) is 6.08 Å². The van der Waals surface area contributed by atoms with Gasteiger partial charge < -0.3 is 20.7 Å². The number of methoxy groups -OCH3 is 1. The highest BCUT2D eigenvalue weighted by atomic mass is 32.2. The molecule has 3 amide bonds. The fraction of sp³-hybridized carbons (Fsp3) is 0.147. The first-order valence-electron chi connectivity index (χ1n) is 13.5. The molecular formula is C34H33N3O4S. The van der Waals surface area contributed by atoms with E-state index in [9.17, 15) is 14.4 Å². The summed E-state index contributed by atoms with van der Waals surface area (Å²) in [5.74, 6) is -0.255. The molecule has 0 spiro atoms. The highest BCUT2D eigenvalue weighted by Gasteiger charge is 2.17. The van der Waals surface area contributed by atoms with Crippen molar-refractivity contribution >= 4 is 46.9 Å². The van der Waals surface area contributed by atoms with Crippen LogP contribution >= 0.6 is 11.8 Å². The Bertz CT molecular complexity index is 1600. The molecule has 4 aromatic rings. The molecule has 42 heavy (non-hydrogen) atoms. The number of hydrogen-bond acceptors (Lipinski definition) is 5. The van der Waals surface area contributed by atoms with Crippen molar-refractivity contribution in [2.24, 2.45) is 0 Å². The van der Waals surface area contributed by atoms with Crippen LogP contribution in [0.1, 0.15) is 34.0 Å². The van der Waals surface area contributed by atoms with Gasteiger partial charge in [-0.15, -0.1) is 11.8 Å². The average Bonchev–Trinajstić information content (AvgIpc) is 3.01. The van der Waals surface area contributed by atoms with Crippen LogP contribution in [0, 0.1) is 6.92 Å². The summed E-state index contributed by atoms with van der Waals surface area (Å²) in [4.78, 5) is 40.0. The molecule has 0 saturated heterocycles. The number of hydrogen-bond donors (Lipinski definition) is 3. The van der Waals surface area contributed by atoms with Crippen molar-refractivity contribution in [1.29, 1.82) is 0 Å². The van der Waals surface area contributed by atoms with Gasteiger partial charge in [0.1, 0.15) is 11.4 Å². The van der Waals surface area contributed by atoms with Gasteiger partial charge in [0.15, 0.2) is 0 Å². The van der Waals surface area contributed by atoms with E-state index in [4.69, 9.17) is 4.74 Å². The average molecular weight is 580 g/mol. The topological polar surface area (TPSA) is 96.5 Å². The zero-order valence-electron chi connectivity index (χ0n) is 23.8. The minimum atomic E-state index is -0.503. The smallest absolute Gasteiger partial charge is 0.272 e. The molecule has 0 fully saturated rings. The van der Waals surface area contributed by atoms with E-state index >= 15 is 0 Å². The van der Waals surface area contributed by atoms with Gasteiger partial charge in [0.05, 0.1) is 12.9 Å². The molecule has 0 atom stereocenters. The third-order valence-electron chi connectivity index (χ3n) is 6.43. The summed E-state index contributed by atoms with van der Waals surface area (Å²) in [6.45, 7) is 4.04. The first kappa shape index (κ1) is 30.1.